The molecule has 0 aromatic heterocycles. The Morgan fingerprint density at radius 1 is 1.32 bits per heavy atom. The van der Waals surface area contributed by atoms with Gasteiger partial charge in [0.05, 0.1) is 6.54 Å². The summed E-state index contributed by atoms with van der Waals surface area (Å²) in [6, 6.07) is 6.79. The Bertz CT molecular complexity index is 466. The van der Waals surface area contributed by atoms with E-state index in [9.17, 15) is 4.79 Å². The van der Waals surface area contributed by atoms with E-state index in [-0.39, 0.29) is 5.91 Å². The zero-order chi connectivity index (χ0) is 14.0. The zero-order valence-electron chi connectivity index (χ0n) is 12.4. The van der Waals surface area contributed by atoms with E-state index in [1.165, 1.54) is 16.7 Å². The Morgan fingerprint density at radius 2 is 2.05 bits per heavy atom. The van der Waals surface area contributed by atoms with Crippen molar-refractivity contribution in [1.82, 2.24) is 9.80 Å². The van der Waals surface area contributed by atoms with E-state index in [2.05, 4.69) is 36.9 Å². The highest BCUT2D eigenvalue weighted by molar-refractivity contribution is 5.77. The molecule has 1 aliphatic rings. The van der Waals surface area contributed by atoms with Crippen molar-refractivity contribution in [2.45, 2.75) is 32.7 Å². The van der Waals surface area contributed by atoms with Crippen molar-refractivity contribution in [1.29, 1.82) is 0 Å². The van der Waals surface area contributed by atoms with E-state index >= 15 is 0 Å². The summed E-state index contributed by atoms with van der Waals surface area (Å²) < 4.78 is 0. The second kappa shape index (κ2) is 5.74. The maximum Gasteiger partial charge on any atom is 0.236 e. The van der Waals surface area contributed by atoms with Gasteiger partial charge in [-0.2, -0.15) is 0 Å². The molecule has 1 aromatic carbocycles. The van der Waals surface area contributed by atoms with Crippen molar-refractivity contribution in [2.24, 2.45) is 0 Å². The van der Waals surface area contributed by atoms with E-state index in [4.69, 9.17) is 0 Å². The van der Waals surface area contributed by atoms with E-state index < -0.39 is 0 Å². The fourth-order valence-corrected chi connectivity index (χ4v) is 2.46. The third kappa shape index (κ3) is 3.35. The minimum atomic E-state index is 0.183. The van der Waals surface area contributed by atoms with Crippen LogP contribution < -0.4 is 0 Å². The number of carbonyl (C=O) groups is 1. The molecule has 0 N–H and O–H groups in total. The Labute approximate surface area is 116 Å². The third-order valence-electron chi connectivity index (χ3n) is 3.85. The molecule has 0 saturated heterocycles. The summed E-state index contributed by atoms with van der Waals surface area (Å²) in [4.78, 5) is 15.7. The molecule has 0 bridgehead atoms. The molecule has 0 aliphatic carbocycles. The fraction of sp³-hybridized carbons (Fsp3) is 0.562. The molecule has 3 nitrogen and oxygen atoms in total. The average molecular weight is 260 g/mol. The first-order valence-corrected chi connectivity index (χ1v) is 7.01. The van der Waals surface area contributed by atoms with Gasteiger partial charge in [-0.1, -0.05) is 32.0 Å². The van der Waals surface area contributed by atoms with Crippen LogP contribution in [0, 0.1) is 0 Å². The predicted molar refractivity (Wildman–Crippen MR) is 78.2 cm³/mol. The summed E-state index contributed by atoms with van der Waals surface area (Å²) in [6.07, 6.45) is 1.05. The van der Waals surface area contributed by atoms with Gasteiger partial charge in [0, 0.05) is 27.2 Å². The molecule has 1 aromatic rings. The molecular formula is C16H24N2O. The molecule has 0 saturated carbocycles. The number of hydrogen-bond acceptors (Lipinski definition) is 2. The lowest BCUT2D eigenvalue weighted by atomic mass is 9.93. The van der Waals surface area contributed by atoms with E-state index in [1.54, 1.807) is 4.90 Å². The maximum absolute atomic E-state index is 11.8. The fourth-order valence-electron chi connectivity index (χ4n) is 2.46. The molecule has 19 heavy (non-hydrogen) atoms. The number of benzene rings is 1. The van der Waals surface area contributed by atoms with Crippen LogP contribution in [0.4, 0.5) is 0 Å². The molecule has 104 valence electrons. The Balaban J connectivity index is 2.06. The number of carbonyl (C=O) groups excluding carboxylic acids is 1. The van der Waals surface area contributed by atoms with E-state index in [0.717, 1.165) is 19.5 Å². The Morgan fingerprint density at radius 3 is 2.68 bits per heavy atom. The molecule has 1 aliphatic heterocycles. The largest absolute Gasteiger partial charge is 0.348 e. The number of amides is 1. The van der Waals surface area contributed by atoms with Crippen LogP contribution in [0.25, 0.3) is 0 Å². The molecule has 0 unspecified atom stereocenters. The van der Waals surface area contributed by atoms with Crippen LogP contribution in [-0.4, -0.2) is 42.9 Å². The van der Waals surface area contributed by atoms with E-state index in [0.29, 0.717) is 12.5 Å². The number of rotatable bonds is 3. The Hall–Kier alpha value is -1.35. The highest BCUT2D eigenvalue weighted by atomic mass is 16.2. The molecular weight excluding hydrogens is 236 g/mol. The van der Waals surface area contributed by atoms with Gasteiger partial charge in [-0.3, -0.25) is 9.69 Å². The maximum atomic E-state index is 11.8. The van der Waals surface area contributed by atoms with Crippen LogP contribution in [0.2, 0.25) is 0 Å². The van der Waals surface area contributed by atoms with Crippen LogP contribution in [0.15, 0.2) is 18.2 Å². The highest BCUT2D eigenvalue weighted by Gasteiger charge is 2.19. The molecule has 2 rings (SSSR count). The minimum absolute atomic E-state index is 0.183. The molecule has 0 atom stereocenters. The summed E-state index contributed by atoms with van der Waals surface area (Å²) in [5.41, 5.74) is 4.25. The first-order chi connectivity index (χ1) is 8.97. The number of fused-ring (bicyclic) bond motifs is 1. The van der Waals surface area contributed by atoms with Crippen LogP contribution in [-0.2, 0) is 17.8 Å². The SMILES string of the molecule is CC(C)c1ccc2c(c1)CCN(CC(=O)N(C)C)C2. The number of likely N-dealkylation sites (N-methyl/N-ethyl adjacent to an activating group) is 1. The van der Waals surface area contributed by atoms with Gasteiger partial charge in [0.1, 0.15) is 0 Å². The first kappa shape index (κ1) is 14.1. The van der Waals surface area contributed by atoms with Gasteiger partial charge in [0.25, 0.3) is 0 Å². The minimum Gasteiger partial charge on any atom is -0.348 e. The lowest BCUT2D eigenvalue weighted by Gasteiger charge is -2.29. The monoisotopic (exact) mass is 260 g/mol. The van der Waals surface area contributed by atoms with Gasteiger partial charge in [-0.15, -0.1) is 0 Å². The zero-order valence-corrected chi connectivity index (χ0v) is 12.4. The standard InChI is InChI=1S/C16H24N2O/c1-12(2)13-5-6-15-10-18(8-7-14(15)9-13)11-16(19)17(3)4/h5-6,9,12H,7-8,10-11H2,1-4H3. The lowest BCUT2D eigenvalue weighted by molar-refractivity contribution is -0.130. The molecule has 1 amide bonds. The van der Waals surface area contributed by atoms with Crippen molar-refractivity contribution >= 4 is 5.91 Å². The van der Waals surface area contributed by atoms with Crippen molar-refractivity contribution in [3.05, 3.63) is 34.9 Å². The van der Waals surface area contributed by atoms with Gasteiger partial charge >= 0.3 is 0 Å². The first-order valence-electron chi connectivity index (χ1n) is 7.01. The molecule has 0 radical (unpaired) electrons. The average Bonchev–Trinajstić information content (AvgIpc) is 2.37. The predicted octanol–water partition coefficient (Wildman–Crippen LogP) is 2.26. The summed E-state index contributed by atoms with van der Waals surface area (Å²) in [7, 11) is 3.63. The van der Waals surface area contributed by atoms with Crippen LogP contribution in [0.5, 0.6) is 0 Å². The smallest absolute Gasteiger partial charge is 0.236 e. The van der Waals surface area contributed by atoms with Crippen molar-refractivity contribution in [3.8, 4) is 0 Å². The quantitative estimate of drug-likeness (QED) is 0.832. The van der Waals surface area contributed by atoms with Gasteiger partial charge in [0.2, 0.25) is 5.91 Å². The second-order valence-corrected chi connectivity index (χ2v) is 5.93. The number of hydrogen-bond donors (Lipinski definition) is 0. The van der Waals surface area contributed by atoms with Crippen LogP contribution >= 0.6 is 0 Å². The van der Waals surface area contributed by atoms with Gasteiger partial charge < -0.3 is 4.90 Å². The van der Waals surface area contributed by atoms with Crippen LogP contribution in [0.1, 0.15) is 36.5 Å². The molecule has 1 heterocycles. The highest BCUT2D eigenvalue weighted by Crippen LogP contribution is 2.23. The van der Waals surface area contributed by atoms with Crippen LogP contribution in [0.3, 0.4) is 0 Å². The van der Waals surface area contributed by atoms with Crippen molar-refractivity contribution in [3.63, 3.8) is 0 Å². The van der Waals surface area contributed by atoms with E-state index in [1.807, 2.05) is 14.1 Å². The summed E-state index contributed by atoms with van der Waals surface area (Å²) >= 11 is 0. The molecule has 0 fully saturated rings. The summed E-state index contributed by atoms with van der Waals surface area (Å²) in [6.45, 7) is 6.86. The Kier molecular flexibility index (Phi) is 4.25. The summed E-state index contributed by atoms with van der Waals surface area (Å²) in [5.74, 6) is 0.765. The summed E-state index contributed by atoms with van der Waals surface area (Å²) in [5, 5.41) is 0. The topological polar surface area (TPSA) is 23.6 Å². The number of nitrogens with zero attached hydrogens (tertiary/aromatic N) is 2. The van der Waals surface area contributed by atoms with Crippen molar-refractivity contribution in [2.75, 3.05) is 27.2 Å². The molecule has 3 heteroatoms. The van der Waals surface area contributed by atoms with Gasteiger partial charge in [0.15, 0.2) is 0 Å². The molecule has 0 spiro atoms. The third-order valence-corrected chi connectivity index (χ3v) is 3.85. The normalized spacial score (nSPS) is 15.4. The van der Waals surface area contributed by atoms with Crippen molar-refractivity contribution < 1.29 is 4.79 Å². The van der Waals surface area contributed by atoms with Gasteiger partial charge in [-0.25, -0.2) is 0 Å². The van der Waals surface area contributed by atoms with Gasteiger partial charge in [-0.05, 0) is 29.0 Å². The lowest BCUT2D eigenvalue weighted by Crippen LogP contribution is -2.39. The second-order valence-electron chi connectivity index (χ2n) is 5.93.